The van der Waals surface area contributed by atoms with Gasteiger partial charge in [-0.15, -0.1) is 0 Å². The monoisotopic (exact) mass is 580 g/mol. The molecule has 0 bridgehead atoms. The van der Waals surface area contributed by atoms with E-state index >= 15 is 0 Å². The number of esters is 2. The summed E-state index contributed by atoms with van der Waals surface area (Å²) in [6.45, 7) is 0.0611. The predicted octanol–water partition coefficient (Wildman–Crippen LogP) is 6.85. The Labute approximate surface area is 257 Å². The van der Waals surface area contributed by atoms with Crippen LogP contribution < -0.4 is 0 Å². The molecule has 0 aromatic heterocycles. The smallest absolute Gasteiger partial charge is 0.328 e. The van der Waals surface area contributed by atoms with Crippen molar-refractivity contribution < 1.29 is 19.1 Å². The van der Waals surface area contributed by atoms with E-state index in [4.69, 9.17) is 9.47 Å². The van der Waals surface area contributed by atoms with E-state index in [1.807, 2.05) is 146 Å². The van der Waals surface area contributed by atoms with Gasteiger partial charge in [-0.05, 0) is 11.1 Å². The lowest BCUT2D eigenvalue weighted by Gasteiger charge is -2.09. The van der Waals surface area contributed by atoms with Crippen molar-refractivity contribution in [3.63, 3.8) is 0 Å². The molecular formula is C38H32N2O4. The highest BCUT2D eigenvalue weighted by Gasteiger charge is 2.11. The fraction of sp³-hybridized carbons (Fsp3) is 0.105. The van der Waals surface area contributed by atoms with E-state index in [2.05, 4.69) is 9.98 Å². The van der Waals surface area contributed by atoms with Crippen LogP contribution in [0.2, 0.25) is 0 Å². The van der Waals surface area contributed by atoms with Crippen LogP contribution in [0.5, 0.6) is 0 Å². The third-order valence-electron chi connectivity index (χ3n) is 6.74. The number of hydrogen-bond acceptors (Lipinski definition) is 6. The van der Waals surface area contributed by atoms with Crippen molar-refractivity contribution in [1.82, 2.24) is 0 Å². The van der Waals surface area contributed by atoms with Gasteiger partial charge in [0.15, 0.2) is 0 Å². The number of rotatable bonds is 12. The van der Waals surface area contributed by atoms with Gasteiger partial charge >= 0.3 is 11.9 Å². The van der Waals surface area contributed by atoms with Crippen molar-refractivity contribution in [2.24, 2.45) is 9.98 Å². The van der Waals surface area contributed by atoms with Crippen LogP contribution in [-0.4, -0.2) is 36.5 Å². The lowest BCUT2D eigenvalue weighted by atomic mass is 10.0. The SMILES string of the molecule is O=C(CN=C(c1ccccc1)c1ccccc1)OCc1ccc(COC(=O)CN=C(c2ccccc2)c2ccccc2)cc1. The van der Waals surface area contributed by atoms with Gasteiger partial charge < -0.3 is 9.47 Å². The van der Waals surface area contributed by atoms with Crippen LogP contribution in [0.1, 0.15) is 33.4 Å². The van der Waals surface area contributed by atoms with Crippen LogP contribution in [0, 0.1) is 0 Å². The molecule has 0 amide bonds. The maximum Gasteiger partial charge on any atom is 0.328 e. The van der Waals surface area contributed by atoms with Crippen LogP contribution in [0.25, 0.3) is 0 Å². The first kappa shape index (κ1) is 29.9. The molecule has 44 heavy (non-hydrogen) atoms. The summed E-state index contributed by atoms with van der Waals surface area (Å²) in [4.78, 5) is 34.2. The molecule has 6 heteroatoms. The molecule has 218 valence electrons. The number of hydrogen-bond donors (Lipinski definition) is 0. The molecule has 0 aliphatic rings. The average molecular weight is 581 g/mol. The lowest BCUT2D eigenvalue weighted by molar-refractivity contribution is -0.144. The zero-order valence-electron chi connectivity index (χ0n) is 24.2. The standard InChI is InChI=1S/C38H32N2O4/c41-35(25-39-37(31-13-5-1-6-14-31)32-15-7-2-8-16-32)43-27-29-21-23-30(24-22-29)28-44-36(42)26-40-38(33-17-9-3-10-18-33)34-19-11-4-12-20-34/h1-24H,25-28H2. The quantitative estimate of drug-likeness (QED) is 0.120. The van der Waals surface area contributed by atoms with Gasteiger partial charge in [-0.1, -0.05) is 146 Å². The van der Waals surface area contributed by atoms with Crippen LogP contribution in [0.3, 0.4) is 0 Å². The predicted molar refractivity (Wildman–Crippen MR) is 173 cm³/mol. The van der Waals surface area contributed by atoms with Crippen LogP contribution in [0.4, 0.5) is 0 Å². The Hall–Kier alpha value is -5.62. The summed E-state index contributed by atoms with van der Waals surface area (Å²) in [7, 11) is 0. The normalized spacial score (nSPS) is 10.4. The van der Waals surface area contributed by atoms with Crippen LogP contribution in [-0.2, 0) is 32.3 Å². The van der Waals surface area contributed by atoms with Gasteiger partial charge in [0, 0.05) is 22.3 Å². The highest BCUT2D eigenvalue weighted by Crippen LogP contribution is 2.13. The molecule has 0 aliphatic heterocycles. The lowest BCUT2D eigenvalue weighted by Crippen LogP contribution is -2.12. The second-order valence-electron chi connectivity index (χ2n) is 9.93. The van der Waals surface area contributed by atoms with E-state index in [1.165, 1.54) is 0 Å². The van der Waals surface area contributed by atoms with E-state index in [-0.39, 0.29) is 26.3 Å². The summed E-state index contributed by atoms with van der Waals surface area (Å²) in [5.74, 6) is -0.836. The minimum absolute atomic E-state index is 0.0914. The highest BCUT2D eigenvalue weighted by atomic mass is 16.5. The zero-order valence-corrected chi connectivity index (χ0v) is 24.2. The number of nitrogens with zero attached hydrogens (tertiary/aromatic N) is 2. The third kappa shape index (κ3) is 8.69. The fourth-order valence-corrected chi connectivity index (χ4v) is 4.52. The van der Waals surface area contributed by atoms with E-state index < -0.39 is 11.9 Å². The second-order valence-corrected chi connectivity index (χ2v) is 9.93. The molecule has 5 aromatic rings. The molecule has 0 radical (unpaired) electrons. The Kier molecular flexibility index (Phi) is 10.6. The molecule has 0 spiro atoms. The first-order valence-electron chi connectivity index (χ1n) is 14.4. The molecule has 6 nitrogen and oxygen atoms in total. The molecular weight excluding hydrogens is 548 g/mol. The van der Waals surface area contributed by atoms with Crippen molar-refractivity contribution in [3.8, 4) is 0 Å². The molecule has 0 heterocycles. The summed E-state index contributed by atoms with van der Waals surface area (Å²) in [5.41, 5.74) is 6.86. The first-order chi connectivity index (χ1) is 21.7. The van der Waals surface area contributed by atoms with E-state index in [0.29, 0.717) is 0 Å². The van der Waals surface area contributed by atoms with Gasteiger partial charge in [-0.3, -0.25) is 19.6 Å². The Bertz CT molecular complexity index is 1490. The molecule has 5 aromatic carbocycles. The van der Waals surface area contributed by atoms with E-state index in [1.54, 1.807) is 0 Å². The largest absolute Gasteiger partial charge is 0.459 e. The maximum atomic E-state index is 12.5. The van der Waals surface area contributed by atoms with Gasteiger partial charge in [0.1, 0.15) is 26.3 Å². The molecule has 0 atom stereocenters. The van der Waals surface area contributed by atoms with Crippen molar-refractivity contribution in [2.75, 3.05) is 13.1 Å². The van der Waals surface area contributed by atoms with Crippen LogP contribution >= 0.6 is 0 Å². The second kappa shape index (κ2) is 15.6. The van der Waals surface area contributed by atoms with Crippen LogP contribution in [0.15, 0.2) is 156 Å². The Morgan fingerprint density at radius 3 is 0.955 bits per heavy atom. The summed E-state index contributed by atoms with van der Waals surface area (Å²) in [5, 5.41) is 0. The van der Waals surface area contributed by atoms with Gasteiger partial charge in [0.2, 0.25) is 0 Å². The Morgan fingerprint density at radius 1 is 0.409 bits per heavy atom. The topological polar surface area (TPSA) is 77.3 Å². The number of benzene rings is 5. The minimum atomic E-state index is -0.418. The molecule has 0 unspecified atom stereocenters. The van der Waals surface area contributed by atoms with Crippen molar-refractivity contribution in [1.29, 1.82) is 0 Å². The summed E-state index contributed by atoms with van der Waals surface area (Å²) < 4.78 is 10.9. The molecule has 0 saturated carbocycles. The summed E-state index contributed by atoms with van der Waals surface area (Å²) in [6, 6.07) is 46.5. The van der Waals surface area contributed by atoms with E-state index in [9.17, 15) is 9.59 Å². The first-order valence-corrected chi connectivity index (χ1v) is 14.4. The van der Waals surface area contributed by atoms with E-state index in [0.717, 1.165) is 44.8 Å². The number of carbonyl (C=O) groups excluding carboxylic acids is 2. The Morgan fingerprint density at radius 2 is 0.682 bits per heavy atom. The molecule has 5 rings (SSSR count). The number of aliphatic imine (C=N–C) groups is 2. The van der Waals surface area contributed by atoms with Gasteiger partial charge in [0.25, 0.3) is 0 Å². The van der Waals surface area contributed by atoms with Crippen molar-refractivity contribution >= 4 is 23.4 Å². The Balaban J connectivity index is 1.12. The number of ether oxygens (including phenoxy) is 2. The number of carbonyl (C=O) groups is 2. The van der Waals surface area contributed by atoms with Crippen molar-refractivity contribution in [2.45, 2.75) is 13.2 Å². The molecule has 0 fully saturated rings. The summed E-state index contributed by atoms with van der Waals surface area (Å²) >= 11 is 0. The summed E-state index contributed by atoms with van der Waals surface area (Å²) in [6.07, 6.45) is 0. The van der Waals surface area contributed by atoms with Gasteiger partial charge in [-0.2, -0.15) is 0 Å². The average Bonchev–Trinajstić information content (AvgIpc) is 3.09. The molecule has 0 saturated heterocycles. The zero-order chi connectivity index (χ0) is 30.4. The third-order valence-corrected chi connectivity index (χ3v) is 6.74. The molecule has 0 aliphatic carbocycles. The fourth-order valence-electron chi connectivity index (χ4n) is 4.52. The van der Waals surface area contributed by atoms with Gasteiger partial charge in [-0.25, -0.2) is 0 Å². The highest BCUT2D eigenvalue weighted by molar-refractivity contribution is 6.14. The van der Waals surface area contributed by atoms with Gasteiger partial charge in [0.05, 0.1) is 11.4 Å². The minimum Gasteiger partial charge on any atom is -0.459 e. The van der Waals surface area contributed by atoms with Crippen molar-refractivity contribution in [3.05, 3.63) is 179 Å². The molecule has 0 N–H and O–H groups in total. The maximum absolute atomic E-state index is 12.5.